The molecule has 2 aromatic heterocycles. The molecule has 0 atom stereocenters. The molecule has 0 bridgehead atoms. The van der Waals surface area contributed by atoms with Crippen LogP contribution < -0.4 is 0 Å². The van der Waals surface area contributed by atoms with Gasteiger partial charge in [-0.25, -0.2) is 9.67 Å². The van der Waals surface area contributed by atoms with Crippen molar-refractivity contribution in [3.8, 4) is 5.69 Å². The fraction of sp³-hybridized carbons (Fsp3) is 0.250. The van der Waals surface area contributed by atoms with Gasteiger partial charge in [0.2, 0.25) is 0 Å². The zero-order chi connectivity index (χ0) is 15.9. The average molecular weight is 305 g/mol. The van der Waals surface area contributed by atoms with E-state index in [1.165, 1.54) is 10.9 Å². The monoisotopic (exact) mass is 305 g/mol. The lowest BCUT2D eigenvalue weighted by Gasteiger charge is -2.13. The minimum absolute atomic E-state index is 0.0794. The number of alkyl halides is 3. The summed E-state index contributed by atoms with van der Waals surface area (Å²) >= 11 is 0. The van der Waals surface area contributed by atoms with Gasteiger partial charge in [0.05, 0.1) is 22.3 Å². The number of pyridine rings is 1. The largest absolute Gasteiger partial charge is 0.417 e. The molecule has 0 aliphatic heterocycles. The normalized spacial score (nSPS) is 12.0. The molecule has 22 heavy (non-hydrogen) atoms. The van der Waals surface area contributed by atoms with Gasteiger partial charge in [0.15, 0.2) is 5.65 Å². The molecule has 0 saturated heterocycles. The molecule has 0 N–H and O–H groups in total. The number of benzene rings is 1. The fourth-order valence-corrected chi connectivity index (χ4v) is 2.63. The Hall–Kier alpha value is -2.37. The quantitative estimate of drug-likeness (QED) is 0.706. The van der Waals surface area contributed by atoms with E-state index in [-0.39, 0.29) is 23.0 Å². The summed E-state index contributed by atoms with van der Waals surface area (Å²) in [6.45, 7) is 3.27. The third-order valence-electron chi connectivity index (χ3n) is 3.61. The first-order valence-electron chi connectivity index (χ1n) is 6.93. The van der Waals surface area contributed by atoms with Gasteiger partial charge in [-0.3, -0.25) is 0 Å². The molecule has 6 heteroatoms. The summed E-state index contributed by atoms with van der Waals surface area (Å²) in [7, 11) is 0. The summed E-state index contributed by atoms with van der Waals surface area (Å²) < 4.78 is 41.9. The molecule has 0 aliphatic carbocycles. The van der Waals surface area contributed by atoms with Gasteiger partial charge in [-0.15, -0.1) is 0 Å². The van der Waals surface area contributed by atoms with E-state index in [2.05, 4.69) is 10.1 Å². The molecule has 3 nitrogen and oxygen atoms in total. The second-order valence-electron chi connectivity index (χ2n) is 5.04. The number of para-hydroxylation sites is 1. The van der Waals surface area contributed by atoms with Gasteiger partial charge in [-0.2, -0.15) is 18.3 Å². The van der Waals surface area contributed by atoms with Crippen LogP contribution in [0.15, 0.2) is 36.5 Å². The second-order valence-corrected chi connectivity index (χ2v) is 5.04. The van der Waals surface area contributed by atoms with E-state index < -0.39 is 11.7 Å². The number of halogens is 3. The minimum Gasteiger partial charge on any atom is -0.236 e. The first-order valence-corrected chi connectivity index (χ1v) is 6.93. The van der Waals surface area contributed by atoms with Gasteiger partial charge in [-0.1, -0.05) is 25.1 Å². The van der Waals surface area contributed by atoms with E-state index in [0.717, 1.165) is 0 Å². The lowest BCUT2D eigenvalue weighted by atomic mass is 10.0. The van der Waals surface area contributed by atoms with Crippen LogP contribution in [-0.4, -0.2) is 14.8 Å². The predicted octanol–water partition coefficient (Wildman–Crippen LogP) is 4.31. The standard InChI is InChI=1S/C16H14F3N3/c1-3-11-9-20-15-13(14(11)16(17,18)19)10(2)21-22(15)12-7-5-4-6-8-12/h4-9H,3H2,1-2H3. The number of rotatable bonds is 2. The molecule has 0 amide bonds. The van der Waals surface area contributed by atoms with E-state index in [1.807, 2.05) is 18.2 Å². The molecule has 2 heterocycles. The highest BCUT2D eigenvalue weighted by atomic mass is 19.4. The van der Waals surface area contributed by atoms with Crippen molar-refractivity contribution in [2.24, 2.45) is 0 Å². The first kappa shape index (κ1) is 14.6. The van der Waals surface area contributed by atoms with Gasteiger partial charge in [0.25, 0.3) is 0 Å². The van der Waals surface area contributed by atoms with E-state index in [1.54, 1.807) is 26.0 Å². The number of fused-ring (bicyclic) bond motifs is 1. The third kappa shape index (κ3) is 2.24. The molecule has 0 saturated carbocycles. The first-order chi connectivity index (χ1) is 10.4. The van der Waals surface area contributed by atoms with Crippen LogP contribution in [0.25, 0.3) is 16.7 Å². The van der Waals surface area contributed by atoms with Crippen molar-refractivity contribution in [1.29, 1.82) is 0 Å². The van der Waals surface area contributed by atoms with Crippen molar-refractivity contribution in [2.75, 3.05) is 0 Å². The van der Waals surface area contributed by atoms with Crippen molar-refractivity contribution in [3.05, 3.63) is 53.3 Å². The Balaban J connectivity index is 2.38. The Morgan fingerprint density at radius 2 is 1.82 bits per heavy atom. The molecule has 0 unspecified atom stereocenters. The number of aryl methyl sites for hydroxylation is 2. The molecule has 3 rings (SSSR count). The summed E-state index contributed by atoms with van der Waals surface area (Å²) in [6.07, 6.45) is -2.86. The molecule has 1 aromatic carbocycles. The molecule has 0 fully saturated rings. The van der Waals surface area contributed by atoms with Crippen LogP contribution in [0.5, 0.6) is 0 Å². The van der Waals surface area contributed by atoms with Crippen LogP contribution in [0, 0.1) is 6.92 Å². The zero-order valence-corrected chi connectivity index (χ0v) is 12.1. The molecule has 114 valence electrons. The second kappa shape index (κ2) is 5.12. The van der Waals surface area contributed by atoms with Crippen LogP contribution in [-0.2, 0) is 12.6 Å². The van der Waals surface area contributed by atoms with Crippen LogP contribution in [0.3, 0.4) is 0 Å². The van der Waals surface area contributed by atoms with Gasteiger partial charge in [0.1, 0.15) is 0 Å². The molecular formula is C16H14F3N3. The Bertz CT molecular complexity index is 820. The Morgan fingerprint density at radius 1 is 1.14 bits per heavy atom. The molecule has 3 aromatic rings. The number of aromatic nitrogens is 3. The van der Waals surface area contributed by atoms with Crippen LogP contribution in [0.1, 0.15) is 23.7 Å². The maximum absolute atomic E-state index is 13.5. The molecule has 0 radical (unpaired) electrons. The Labute approximate surface area is 125 Å². The summed E-state index contributed by atoms with van der Waals surface area (Å²) in [5.74, 6) is 0. The number of hydrogen-bond acceptors (Lipinski definition) is 2. The van der Waals surface area contributed by atoms with Crippen molar-refractivity contribution in [1.82, 2.24) is 14.8 Å². The van der Waals surface area contributed by atoms with Crippen molar-refractivity contribution < 1.29 is 13.2 Å². The minimum atomic E-state index is -4.43. The van der Waals surface area contributed by atoms with E-state index in [4.69, 9.17) is 0 Å². The summed E-state index contributed by atoms with van der Waals surface area (Å²) in [4.78, 5) is 4.22. The predicted molar refractivity (Wildman–Crippen MR) is 78.0 cm³/mol. The van der Waals surface area contributed by atoms with Gasteiger partial charge in [0, 0.05) is 6.20 Å². The maximum atomic E-state index is 13.5. The van der Waals surface area contributed by atoms with Crippen LogP contribution in [0.4, 0.5) is 13.2 Å². The number of hydrogen-bond donors (Lipinski definition) is 0. The van der Waals surface area contributed by atoms with Crippen LogP contribution >= 0.6 is 0 Å². The lowest BCUT2D eigenvalue weighted by Crippen LogP contribution is -2.11. The highest BCUT2D eigenvalue weighted by Gasteiger charge is 2.37. The van der Waals surface area contributed by atoms with E-state index >= 15 is 0 Å². The van der Waals surface area contributed by atoms with Crippen LogP contribution in [0.2, 0.25) is 0 Å². The van der Waals surface area contributed by atoms with Gasteiger partial charge in [-0.05, 0) is 31.0 Å². The summed E-state index contributed by atoms with van der Waals surface area (Å²) in [5, 5.41) is 4.34. The molecule has 0 spiro atoms. The maximum Gasteiger partial charge on any atom is 0.417 e. The highest BCUT2D eigenvalue weighted by Crippen LogP contribution is 2.38. The smallest absolute Gasteiger partial charge is 0.236 e. The zero-order valence-electron chi connectivity index (χ0n) is 12.1. The van der Waals surface area contributed by atoms with Crippen molar-refractivity contribution in [3.63, 3.8) is 0 Å². The Morgan fingerprint density at radius 3 is 2.41 bits per heavy atom. The third-order valence-corrected chi connectivity index (χ3v) is 3.61. The Kier molecular flexibility index (Phi) is 3.39. The van der Waals surface area contributed by atoms with Crippen molar-refractivity contribution in [2.45, 2.75) is 26.4 Å². The average Bonchev–Trinajstić information content (AvgIpc) is 2.83. The van der Waals surface area contributed by atoms with E-state index in [9.17, 15) is 13.2 Å². The van der Waals surface area contributed by atoms with E-state index in [0.29, 0.717) is 11.4 Å². The van der Waals surface area contributed by atoms with Crippen molar-refractivity contribution >= 4 is 11.0 Å². The summed E-state index contributed by atoms with van der Waals surface area (Å²) in [5.41, 5.74) is 0.808. The van der Waals surface area contributed by atoms with Gasteiger partial charge < -0.3 is 0 Å². The molecular weight excluding hydrogens is 291 g/mol. The number of nitrogens with zero attached hydrogens (tertiary/aromatic N) is 3. The fourth-order valence-electron chi connectivity index (χ4n) is 2.63. The topological polar surface area (TPSA) is 30.7 Å². The van der Waals surface area contributed by atoms with Gasteiger partial charge >= 0.3 is 6.18 Å². The summed E-state index contributed by atoms with van der Waals surface area (Å²) in [6, 6.07) is 9.03. The SMILES string of the molecule is CCc1cnc2c(c(C)nn2-c2ccccc2)c1C(F)(F)F. The molecule has 0 aliphatic rings. The highest BCUT2D eigenvalue weighted by molar-refractivity contribution is 5.85. The lowest BCUT2D eigenvalue weighted by molar-refractivity contribution is -0.136.